The van der Waals surface area contributed by atoms with E-state index in [1.165, 1.54) is 32.1 Å². The van der Waals surface area contributed by atoms with Gasteiger partial charge in [-0.3, -0.25) is 9.78 Å². The molecule has 0 saturated heterocycles. The first kappa shape index (κ1) is 14.0. The van der Waals surface area contributed by atoms with Crippen LogP contribution < -0.4 is 0 Å². The summed E-state index contributed by atoms with van der Waals surface area (Å²) in [5, 5.41) is 0. The van der Waals surface area contributed by atoms with Gasteiger partial charge in [0.15, 0.2) is 0 Å². The predicted octanol–water partition coefficient (Wildman–Crippen LogP) is 3.88. The Morgan fingerprint density at radius 1 is 1.32 bits per heavy atom. The molecule has 1 aliphatic carbocycles. The fourth-order valence-electron chi connectivity index (χ4n) is 2.72. The molecule has 1 aliphatic rings. The molecular formula is C16H23NO2. The highest BCUT2D eigenvalue weighted by Gasteiger charge is 2.14. The molecule has 3 nitrogen and oxygen atoms in total. The molecule has 0 atom stereocenters. The summed E-state index contributed by atoms with van der Waals surface area (Å²) >= 11 is 0. The zero-order valence-electron chi connectivity index (χ0n) is 11.5. The van der Waals surface area contributed by atoms with Crippen molar-refractivity contribution in [3.05, 3.63) is 30.1 Å². The van der Waals surface area contributed by atoms with Crippen LogP contribution in [0.2, 0.25) is 0 Å². The van der Waals surface area contributed by atoms with Crippen LogP contribution in [0.4, 0.5) is 0 Å². The van der Waals surface area contributed by atoms with Crippen LogP contribution in [0, 0.1) is 5.92 Å². The average molecular weight is 261 g/mol. The Bertz CT molecular complexity index is 372. The molecule has 1 aromatic heterocycles. The van der Waals surface area contributed by atoms with Gasteiger partial charge in [-0.25, -0.2) is 0 Å². The molecule has 0 aliphatic heterocycles. The van der Waals surface area contributed by atoms with E-state index in [2.05, 4.69) is 4.98 Å². The maximum atomic E-state index is 11.6. The number of carbonyl (C=O) groups excluding carboxylic acids is 1. The number of esters is 1. The van der Waals surface area contributed by atoms with Crippen LogP contribution in [-0.4, -0.2) is 11.0 Å². The molecular weight excluding hydrogens is 238 g/mol. The molecule has 1 fully saturated rings. The molecule has 1 heterocycles. The lowest BCUT2D eigenvalue weighted by molar-refractivity contribution is -0.145. The molecule has 1 aromatic rings. The topological polar surface area (TPSA) is 39.2 Å². The fraction of sp³-hybridized carbons (Fsp3) is 0.625. The highest BCUT2D eigenvalue weighted by atomic mass is 16.5. The van der Waals surface area contributed by atoms with Gasteiger partial charge in [0.25, 0.3) is 0 Å². The van der Waals surface area contributed by atoms with Crippen LogP contribution >= 0.6 is 0 Å². The van der Waals surface area contributed by atoms with E-state index in [0.717, 1.165) is 24.3 Å². The minimum Gasteiger partial charge on any atom is -0.461 e. The highest BCUT2D eigenvalue weighted by Crippen LogP contribution is 2.29. The van der Waals surface area contributed by atoms with Crippen molar-refractivity contribution in [3.63, 3.8) is 0 Å². The average Bonchev–Trinajstić information content (AvgIpc) is 2.96. The van der Waals surface area contributed by atoms with E-state index in [1.807, 2.05) is 12.1 Å². The largest absolute Gasteiger partial charge is 0.461 e. The summed E-state index contributed by atoms with van der Waals surface area (Å²) in [4.78, 5) is 15.6. The molecule has 0 unspecified atom stereocenters. The van der Waals surface area contributed by atoms with Gasteiger partial charge in [0, 0.05) is 24.4 Å². The number of unbranched alkanes of at least 4 members (excludes halogenated alkanes) is 1. The third-order valence-electron chi connectivity index (χ3n) is 3.84. The maximum absolute atomic E-state index is 11.6. The van der Waals surface area contributed by atoms with Gasteiger partial charge in [-0.05, 0) is 18.4 Å². The van der Waals surface area contributed by atoms with E-state index in [0.29, 0.717) is 13.0 Å². The molecule has 0 N–H and O–H groups in total. The monoisotopic (exact) mass is 261 g/mol. The molecule has 0 amide bonds. The van der Waals surface area contributed by atoms with Gasteiger partial charge >= 0.3 is 5.97 Å². The number of rotatable bonds is 7. The van der Waals surface area contributed by atoms with E-state index in [-0.39, 0.29) is 5.97 Å². The van der Waals surface area contributed by atoms with Crippen molar-refractivity contribution in [1.29, 1.82) is 0 Å². The summed E-state index contributed by atoms with van der Waals surface area (Å²) in [6.07, 6.45) is 13.0. The van der Waals surface area contributed by atoms with Crippen LogP contribution in [0.5, 0.6) is 0 Å². The summed E-state index contributed by atoms with van der Waals surface area (Å²) in [5.41, 5.74) is 0.946. The normalized spacial score (nSPS) is 15.6. The SMILES string of the molecule is O=C(CCCCC1CCCC1)OCc1cccnc1. The van der Waals surface area contributed by atoms with Crippen molar-refractivity contribution in [2.45, 2.75) is 58.0 Å². The van der Waals surface area contributed by atoms with Crippen LogP contribution in [0.25, 0.3) is 0 Å². The van der Waals surface area contributed by atoms with Crippen LogP contribution in [0.15, 0.2) is 24.5 Å². The van der Waals surface area contributed by atoms with Crippen LogP contribution in [0.1, 0.15) is 56.9 Å². The summed E-state index contributed by atoms with van der Waals surface area (Å²) in [5.74, 6) is 0.835. The quantitative estimate of drug-likeness (QED) is 0.552. The van der Waals surface area contributed by atoms with E-state index >= 15 is 0 Å². The van der Waals surface area contributed by atoms with Gasteiger partial charge in [-0.15, -0.1) is 0 Å². The van der Waals surface area contributed by atoms with Crippen molar-refractivity contribution >= 4 is 5.97 Å². The molecule has 1 saturated carbocycles. The van der Waals surface area contributed by atoms with Crippen molar-refractivity contribution in [2.24, 2.45) is 5.92 Å². The van der Waals surface area contributed by atoms with Crippen molar-refractivity contribution in [2.75, 3.05) is 0 Å². The number of ether oxygens (including phenoxy) is 1. The predicted molar refractivity (Wildman–Crippen MR) is 74.5 cm³/mol. The Kier molecular flexibility index (Phi) is 5.86. The van der Waals surface area contributed by atoms with Crippen molar-refractivity contribution < 1.29 is 9.53 Å². The second-order valence-electron chi connectivity index (χ2n) is 5.42. The van der Waals surface area contributed by atoms with Crippen LogP contribution in [-0.2, 0) is 16.1 Å². The van der Waals surface area contributed by atoms with Crippen molar-refractivity contribution in [1.82, 2.24) is 4.98 Å². The van der Waals surface area contributed by atoms with Gasteiger partial charge in [-0.2, -0.15) is 0 Å². The zero-order chi connectivity index (χ0) is 13.3. The van der Waals surface area contributed by atoms with Gasteiger partial charge < -0.3 is 4.74 Å². The Hall–Kier alpha value is -1.38. The molecule has 0 aromatic carbocycles. The third-order valence-corrected chi connectivity index (χ3v) is 3.84. The Morgan fingerprint density at radius 3 is 2.89 bits per heavy atom. The summed E-state index contributed by atoms with van der Waals surface area (Å²) < 4.78 is 5.22. The first-order valence-corrected chi connectivity index (χ1v) is 7.39. The smallest absolute Gasteiger partial charge is 0.306 e. The third kappa shape index (κ3) is 5.41. The van der Waals surface area contributed by atoms with Crippen LogP contribution in [0.3, 0.4) is 0 Å². The lowest BCUT2D eigenvalue weighted by Crippen LogP contribution is -2.05. The number of pyridine rings is 1. The summed E-state index contributed by atoms with van der Waals surface area (Å²) in [6, 6.07) is 3.77. The van der Waals surface area contributed by atoms with Gasteiger partial charge in [0.05, 0.1) is 0 Å². The number of hydrogen-bond donors (Lipinski definition) is 0. The number of hydrogen-bond acceptors (Lipinski definition) is 3. The molecule has 3 heteroatoms. The highest BCUT2D eigenvalue weighted by molar-refractivity contribution is 5.69. The number of aromatic nitrogens is 1. The van der Waals surface area contributed by atoms with E-state index in [1.54, 1.807) is 12.4 Å². The maximum Gasteiger partial charge on any atom is 0.306 e. The zero-order valence-corrected chi connectivity index (χ0v) is 11.5. The Balaban J connectivity index is 1.52. The molecule has 19 heavy (non-hydrogen) atoms. The summed E-state index contributed by atoms with van der Waals surface area (Å²) in [7, 11) is 0. The van der Waals surface area contributed by atoms with E-state index < -0.39 is 0 Å². The lowest BCUT2D eigenvalue weighted by atomic mass is 10.00. The molecule has 0 bridgehead atoms. The minimum absolute atomic E-state index is 0.0877. The van der Waals surface area contributed by atoms with E-state index in [4.69, 9.17) is 4.74 Å². The first-order valence-electron chi connectivity index (χ1n) is 7.39. The molecule has 2 rings (SSSR count). The second-order valence-corrected chi connectivity index (χ2v) is 5.42. The lowest BCUT2D eigenvalue weighted by Gasteiger charge is -2.08. The molecule has 104 valence electrons. The Labute approximate surface area is 115 Å². The van der Waals surface area contributed by atoms with Crippen molar-refractivity contribution in [3.8, 4) is 0 Å². The Morgan fingerprint density at radius 2 is 2.16 bits per heavy atom. The van der Waals surface area contributed by atoms with Gasteiger partial charge in [-0.1, -0.05) is 44.6 Å². The van der Waals surface area contributed by atoms with Gasteiger partial charge in [0.1, 0.15) is 6.61 Å². The fourth-order valence-corrected chi connectivity index (χ4v) is 2.72. The van der Waals surface area contributed by atoms with Gasteiger partial charge in [0.2, 0.25) is 0 Å². The first-order chi connectivity index (χ1) is 9.34. The number of carbonyl (C=O) groups is 1. The number of nitrogens with zero attached hydrogens (tertiary/aromatic N) is 1. The molecule has 0 radical (unpaired) electrons. The minimum atomic E-state index is -0.0877. The standard InChI is InChI=1S/C16H23NO2/c18-16(19-13-15-9-5-11-17-12-15)10-4-3-8-14-6-1-2-7-14/h5,9,11-12,14H,1-4,6-8,10,13H2. The van der Waals surface area contributed by atoms with E-state index in [9.17, 15) is 4.79 Å². The second kappa shape index (κ2) is 7.93. The molecule has 0 spiro atoms. The summed E-state index contributed by atoms with van der Waals surface area (Å²) in [6.45, 7) is 0.343.